The van der Waals surface area contributed by atoms with Gasteiger partial charge in [-0.2, -0.15) is 5.26 Å². The highest BCUT2D eigenvalue weighted by molar-refractivity contribution is 7.92. The van der Waals surface area contributed by atoms with Gasteiger partial charge in [0.1, 0.15) is 6.54 Å². The van der Waals surface area contributed by atoms with E-state index in [1.54, 1.807) is 37.3 Å². The lowest BCUT2D eigenvalue weighted by atomic mass is 10.1. The van der Waals surface area contributed by atoms with Crippen molar-refractivity contribution in [2.75, 3.05) is 22.4 Å². The molecular weight excluding hydrogens is 374 g/mol. The summed E-state index contributed by atoms with van der Waals surface area (Å²) in [5.41, 5.74) is 2.62. The first-order valence-corrected chi connectivity index (χ1v) is 9.89. The van der Waals surface area contributed by atoms with Crippen LogP contribution < -0.4 is 9.62 Å². The maximum Gasteiger partial charge on any atom is 0.245 e. The van der Waals surface area contributed by atoms with Crippen molar-refractivity contribution < 1.29 is 13.2 Å². The molecule has 8 heteroatoms. The molecule has 26 heavy (non-hydrogen) atoms. The summed E-state index contributed by atoms with van der Waals surface area (Å²) < 4.78 is 25.5. The molecule has 0 atom stereocenters. The standard InChI is InChI=1S/C18H18ClN3O3S/c1-12-7-13(2)18(16(19)8-12)22(26(3,24)25)11-17(23)21-15-6-4-5-14(9-15)10-20/h4-9H,11H2,1-3H3,(H,21,23). The van der Waals surface area contributed by atoms with Gasteiger partial charge in [0.05, 0.1) is 28.6 Å². The summed E-state index contributed by atoms with van der Waals surface area (Å²) in [4.78, 5) is 12.4. The van der Waals surface area contributed by atoms with Gasteiger partial charge in [0.2, 0.25) is 15.9 Å². The topological polar surface area (TPSA) is 90.3 Å². The Kier molecular flexibility index (Phi) is 5.90. The summed E-state index contributed by atoms with van der Waals surface area (Å²) in [6.45, 7) is 3.16. The molecule has 0 saturated heterocycles. The van der Waals surface area contributed by atoms with Crippen LogP contribution in [0.25, 0.3) is 0 Å². The normalized spacial score (nSPS) is 10.9. The highest BCUT2D eigenvalue weighted by Gasteiger charge is 2.25. The van der Waals surface area contributed by atoms with Crippen LogP contribution in [0.4, 0.5) is 11.4 Å². The lowest BCUT2D eigenvalue weighted by Crippen LogP contribution is -2.38. The van der Waals surface area contributed by atoms with Gasteiger partial charge in [0, 0.05) is 5.69 Å². The van der Waals surface area contributed by atoms with Crippen molar-refractivity contribution in [1.29, 1.82) is 5.26 Å². The van der Waals surface area contributed by atoms with E-state index >= 15 is 0 Å². The highest BCUT2D eigenvalue weighted by Crippen LogP contribution is 2.32. The van der Waals surface area contributed by atoms with E-state index in [1.165, 1.54) is 6.07 Å². The Bertz CT molecular complexity index is 974. The molecule has 0 saturated carbocycles. The lowest BCUT2D eigenvalue weighted by Gasteiger charge is -2.25. The largest absolute Gasteiger partial charge is 0.324 e. The maximum absolute atomic E-state index is 12.4. The molecule has 6 nitrogen and oxygen atoms in total. The number of carbonyl (C=O) groups is 1. The summed E-state index contributed by atoms with van der Waals surface area (Å²) >= 11 is 6.24. The van der Waals surface area contributed by atoms with E-state index in [4.69, 9.17) is 16.9 Å². The third-order valence-corrected chi connectivity index (χ3v) is 5.01. The molecule has 0 spiro atoms. The molecule has 0 unspecified atom stereocenters. The number of nitrogens with zero attached hydrogens (tertiary/aromatic N) is 2. The molecule has 0 aromatic heterocycles. The second-order valence-electron chi connectivity index (χ2n) is 5.92. The fourth-order valence-electron chi connectivity index (χ4n) is 2.58. The number of hydrogen-bond donors (Lipinski definition) is 1. The van der Waals surface area contributed by atoms with Gasteiger partial charge < -0.3 is 5.32 Å². The Balaban J connectivity index is 2.32. The van der Waals surface area contributed by atoms with E-state index in [2.05, 4.69) is 5.32 Å². The van der Waals surface area contributed by atoms with Crippen molar-refractivity contribution in [3.8, 4) is 6.07 Å². The number of rotatable bonds is 5. The number of nitrogens with one attached hydrogen (secondary N) is 1. The van der Waals surface area contributed by atoms with E-state index in [1.807, 2.05) is 13.0 Å². The Labute approximate surface area is 158 Å². The van der Waals surface area contributed by atoms with E-state index in [9.17, 15) is 13.2 Å². The number of anilines is 2. The first-order chi connectivity index (χ1) is 12.1. The molecule has 0 fully saturated rings. The van der Waals surface area contributed by atoms with Crippen LogP contribution >= 0.6 is 11.6 Å². The van der Waals surface area contributed by atoms with Crippen molar-refractivity contribution in [2.24, 2.45) is 0 Å². The zero-order valence-corrected chi connectivity index (χ0v) is 16.1. The van der Waals surface area contributed by atoms with Crippen molar-refractivity contribution in [3.63, 3.8) is 0 Å². The van der Waals surface area contributed by atoms with Gasteiger partial charge in [-0.05, 0) is 49.2 Å². The smallest absolute Gasteiger partial charge is 0.245 e. The molecule has 2 aromatic rings. The van der Waals surface area contributed by atoms with Gasteiger partial charge in [0.15, 0.2) is 0 Å². The predicted octanol–water partition coefficient (Wildman–Crippen LogP) is 3.23. The number of benzene rings is 2. The summed E-state index contributed by atoms with van der Waals surface area (Å²) in [7, 11) is -3.74. The van der Waals surface area contributed by atoms with Crippen LogP contribution in [0.2, 0.25) is 5.02 Å². The molecule has 0 heterocycles. The predicted molar refractivity (Wildman–Crippen MR) is 103 cm³/mol. The average molecular weight is 392 g/mol. The van der Waals surface area contributed by atoms with E-state index < -0.39 is 22.5 Å². The van der Waals surface area contributed by atoms with Crippen molar-refractivity contribution in [3.05, 3.63) is 58.1 Å². The van der Waals surface area contributed by atoms with Crippen molar-refractivity contribution in [2.45, 2.75) is 13.8 Å². The fourth-order valence-corrected chi connectivity index (χ4v) is 3.98. The number of amides is 1. The first kappa shape index (κ1) is 19.8. The Morgan fingerprint density at radius 2 is 1.96 bits per heavy atom. The van der Waals surface area contributed by atoms with Crippen LogP contribution in [0, 0.1) is 25.2 Å². The summed E-state index contributed by atoms with van der Waals surface area (Å²) in [6.07, 6.45) is 1.02. The van der Waals surface area contributed by atoms with Crippen molar-refractivity contribution >= 4 is 38.9 Å². The van der Waals surface area contributed by atoms with Crippen LogP contribution in [0.5, 0.6) is 0 Å². The highest BCUT2D eigenvalue weighted by atomic mass is 35.5. The zero-order valence-electron chi connectivity index (χ0n) is 14.6. The summed E-state index contributed by atoms with van der Waals surface area (Å²) in [5, 5.41) is 11.8. The van der Waals surface area contributed by atoms with Gasteiger partial charge >= 0.3 is 0 Å². The Morgan fingerprint density at radius 3 is 2.54 bits per heavy atom. The SMILES string of the molecule is Cc1cc(C)c(N(CC(=O)Nc2cccc(C#N)c2)S(C)(=O)=O)c(Cl)c1. The number of halogens is 1. The van der Waals surface area contributed by atoms with E-state index in [0.717, 1.165) is 16.1 Å². The van der Waals surface area contributed by atoms with Crippen LogP contribution in [0.1, 0.15) is 16.7 Å². The monoisotopic (exact) mass is 391 g/mol. The molecule has 136 valence electrons. The second-order valence-corrected chi connectivity index (χ2v) is 8.24. The third kappa shape index (κ3) is 4.75. The summed E-state index contributed by atoms with van der Waals surface area (Å²) in [5.74, 6) is -0.540. The Morgan fingerprint density at radius 1 is 1.27 bits per heavy atom. The first-order valence-electron chi connectivity index (χ1n) is 7.66. The van der Waals surface area contributed by atoms with Crippen LogP contribution in [-0.2, 0) is 14.8 Å². The summed E-state index contributed by atoms with van der Waals surface area (Å²) in [6, 6.07) is 11.8. The van der Waals surface area contributed by atoms with Crippen LogP contribution in [0.3, 0.4) is 0 Å². The second kappa shape index (κ2) is 7.77. The van der Waals surface area contributed by atoms with Gasteiger partial charge in [-0.25, -0.2) is 8.42 Å². The van der Waals surface area contributed by atoms with Gasteiger partial charge in [-0.1, -0.05) is 23.7 Å². The molecule has 0 aliphatic carbocycles. The minimum absolute atomic E-state index is 0.257. The number of hydrogen-bond acceptors (Lipinski definition) is 4. The molecular formula is C18H18ClN3O3S. The molecule has 0 bridgehead atoms. The van der Waals surface area contributed by atoms with E-state index in [0.29, 0.717) is 16.8 Å². The number of carbonyl (C=O) groups excluding carboxylic acids is 1. The molecule has 0 radical (unpaired) electrons. The lowest BCUT2D eigenvalue weighted by molar-refractivity contribution is -0.114. The Hall–Kier alpha value is -2.56. The van der Waals surface area contributed by atoms with Crippen LogP contribution in [-0.4, -0.2) is 27.1 Å². The third-order valence-electron chi connectivity index (χ3n) is 3.61. The minimum Gasteiger partial charge on any atom is -0.324 e. The van der Waals surface area contributed by atoms with Crippen molar-refractivity contribution in [1.82, 2.24) is 0 Å². The van der Waals surface area contributed by atoms with E-state index in [-0.39, 0.29) is 10.7 Å². The molecule has 2 aromatic carbocycles. The van der Waals surface area contributed by atoms with Gasteiger partial charge in [-0.15, -0.1) is 0 Å². The van der Waals surface area contributed by atoms with Gasteiger partial charge in [0.25, 0.3) is 0 Å². The van der Waals surface area contributed by atoms with Gasteiger partial charge in [-0.3, -0.25) is 9.10 Å². The number of sulfonamides is 1. The van der Waals surface area contributed by atoms with Crippen LogP contribution in [0.15, 0.2) is 36.4 Å². The fraction of sp³-hybridized carbons (Fsp3) is 0.222. The number of aryl methyl sites for hydroxylation is 2. The average Bonchev–Trinajstić information content (AvgIpc) is 2.52. The molecule has 1 N–H and O–H groups in total. The molecule has 2 rings (SSSR count). The minimum atomic E-state index is -3.74. The molecule has 0 aliphatic heterocycles. The maximum atomic E-state index is 12.4. The number of nitriles is 1. The quantitative estimate of drug-likeness (QED) is 0.847. The molecule has 1 amide bonds. The molecule has 0 aliphatic rings. The zero-order chi connectivity index (χ0) is 19.5.